The fraction of sp³-hybridized carbons (Fsp3) is 0.375. The van der Waals surface area contributed by atoms with Crippen LogP contribution in [0.5, 0.6) is 0 Å². The standard InChI is InChI=1S/C16H20N2/c17-11-15-8-4-10-18(15)12-14-7-3-6-13-5-1-2-9-16(13)14/h1-3,5-7,9,15H,4,8,10-12,17H2. The quantitative estimate of drug-likeness (QED) is 0.894. The molecule has 1 unspecified atom stereocenters. The van der Waals surface area contributed by atoms with E-state index in [0.29, 0.717) is 6.04 Å². The topological polar surface area (TPSA) is 29.3 Å². The number of likely N-dealkylation sites (tertiary alicyclic amines) is 1. The first-order valence-electron chi connectivity index (χ1n) is 6.79. The Morgan fingerprint density at radius 1 is 1.11 bits per heavy atom. The molecule has 0 saturated carbocycles. The molecule has 0 aliphatic carbocycles. The molecule has 94 valence electrons. The van der Waals surface area contributed by atoms with Crippen molar-refractivity contribution in [1.82, 2.24) is 4.90 Å². The number of nitrogens with zero attached hydrogens (tertiary/aromatic N) is 1. The molecule has 2 nitrogen and oxygen atoms in total. The summed E-state index contributed by atoms with van der Waals surface area (Å²) in [7, 11) is 0. The largest absolute Gasteiger partial charge is 0.329 e. The summed E-state index contributed by atoms with van der Waals surface area (Å²) in [5.74, 6) is 0. The molecule has 0 aromatic heterocycles. The molecule has 0 amide bonds. The number of hydrogen-bond acceptors (Lipinski definition) is 2. The minimum absolute atomic E-state index is 0.573. The van der Waals surface area contributed by atoms with Gasteiger partial charge in [0.2, 0.25) is 0 Å². The van der Waals surface area contributed by atoms with Crippen LogP contribution in [0.25, 0.3) is 10.8 Å². The van der Waals surface area contributed by atoms with Crippen LogP contribution in [-0.4, -0.2) is 24.0 Å². The summed E-state index contributed by atoms with van der Waals surface area (Å²) in [5, 5.41) is 2.71. The van der Waals surface area contributed by atoms with Gasteiger partial charge in [-0.05, 0) is 35.7 Å². The Balaban J connectivity index is 1.90. The number of rotatable bonds is 3. The maximum atomic E-state index is 5.85. The van der Waals surface area contributed by atoms with Crippen LogP contribution in [0, 0.1) is 0 Å². The van der Waals surface area contributed by atoms with Gasteiger partial charge in [-0.1, -0.05) is 42.5 Å². The number of benzene rings is 2. The fourth-order valence-corrected chi connectivity index (χ4v) is 3.02. The van der Waals surface area contributed by atoms with Crippen LogP contribution in [0.1, 0.15) is 18.4 Å². The third-order valence-electron chi connectivity index (χ3n) is 4.02. The molecule has 1 atom stereocenters. The van der Waals surface area contributed by atoms with Crippen LogP contribution in [-0.2, 0) is 6.54 Å². The fourth-order valence-electron chi connectivity index (χ4n) is 3.02. The van der Waals surface area contributed by atoms with Gasteiger partial charge < -0.3 is 5.73 Å². The molecule has 1 fully saturated rings. The number of hydrogen-bond donors (Lipinski definition) is 1. The molecule has 0 bridgehead atoms. The van der Waals surface area contributed by atoms with E-state index in [1.54, 1.807) is 0 Å². The maximum absolute atomic E-state index is 5.85. The van der Waals surface area contributed by atoms with Gasteiger partial charge in [0, 0.05) is 19.1 Å². The minimum Gasteiger partial charge on any atom is -0.329 e. The summed E-state index contributed by atoms with van der Waals surface area (Å²) in [6.07, 6.45) is 2.54. The van der Waals surface area contributed by atoms with Gasteiger partial charge in [0.15, 0.2) is 0 Å². The van der Waals surface area contributed by atoms with E-state index >= 15 is 0 Å². The van der Waals surface area contributed by atoms with Gasteiger partial charge >= 0.3 is 0 Å². The molecule has 0 spiro atoms. The second kappa shape index (κ2) is 5.09. The summed E-state index contributed by atoms with van der Waals surface area (Å²) < 4.78 is 0. The number of fused-ring (bicyclic) bond motifs is 1. The van der Waals surface area contributed by atoms with E-state index in [2.05, 4.69) is 47.4 Å². The molecular formula is C16H20N2. The SMILES string of the molecule is NCC1CCCN1Cc1cccc2ccccc12. The molecule has 3 rings (SSSR count). The van der Waals surface area contributed by atoms with Crippen LogP contribution < -0.4 is 5.73 Å². The molecule has 2 heteroatoms. The van der Waals surface area contributed by atoms with E-state index in [-0.39, 0.29) is 0 Å². The smallest absolute Gasteiger partial charge is 0.0243 e. The number of nitrogens with two attached hydrogens (primary N) is 1. The lowest BCUT2D eigenvalue weighted by Gasteiger charge is -2.23. The van der Waals surface area contributed by atoms with Gasteiger partial charge in [-0.3, -0.25) is 4.90 Å². The Kier molecular flexibility index (Phi) is 3.31. The molecule has 1 saturated heterocycles. The highest BCUT2D eigenvalue weighted by atomic mass is 15.2. The van der Waals surface area contributed by atoms with E-state index in [1.165, 1.54) is 35.7 Å². The first kappa shape index (κ1) is 11.7. The average molecular weight is 240 g/mol. The van der Waals surface area contributed by atoms with E-state index < -0.39 is 0 Å². The molecule has 2 N–H and O–H groups in total. The lowest BCUT2D eigenvalue weighted by molar-refractivity contribution is 0.251. The molecular weight excluding hydrogens is 220 g/mol. The second-order valence-corrected chi connectivity index (χ2v) is 5.14. The van der Waals surface area contributed by atoms with E-state index in [1.807, 2.05) is 0 Å². The average Bonchev–Trinajstić information content (AvgIpc) is 2.86. The molecule has 1 aliphatic heterocycles. The van der Waals surface area contributed by atoms with Crippen LogP contribution in [0.3, 0.4) is 0 Å². The second-order valence-electron chi connectivity index (χ2n) is 5.14. The Hall–Kier alpha value is -1.38. The van der Waals surface area contributed by atoms with Crippen LogP contribution >= 0.6 is 0 Å². The zero-order chi connectivity index (χ0) is 12.4. The van der Waals surface area contributed by atoms with Crippen molar-refractivity contribution in [2.45, 2.75) is 25.4 Å². The summed E-state index contributed by atoms with van der Waals surface area (Å²) in [5.41, 5.74) is 7.27. The van der Waals surface area contributed by atoms with Crippen molar-refractivity contribution in [3.8, 4) is 0 Å². The summed E-state index contributed by atoms with van der Waals surface area (Å²) in [4.78, 5) is 2.53. The van der Waals surface area contributed by atoms with Crippen molar-refractivity contribution < 1.29 is 0 Å². The summed E-state index contributed by atoms with van der Waals surface area (Å²) >= 11 is 0. The summed E-state index contributed by atoms with van der Waals surface area (Å²) in [6, 6.07) is 15.8. The van der Waals surface area contributed by atoms with Crippen LogP contribution in [0.4, 0.5) is 0 Å². The van der Waals surface area contributed by atoms with Crippen molar-refractivity contribution in [2.24, 2.45) is 5.73 Å². The Bertz CT molecular complexity index is 530. The lowest BCUT2D eigenvalue weighted by Crippen LogP contribution is -2.34. The van der Waals surface area contributed by atoms with Crippen LogP contribution in [0.2, 0.25) is 0 Å². The van der Waals surface area contributed by atoms with Crippen molar-refractivity contribution in [2.75, 3.05) is 13.1 Å². The third kappa shape index (κ3) is 2.14. The molecule has 0 radical (unpaired) electrons. The van der Waals surface area contributed by atoms with Gasteiger partial charge in [0.05, 0.1) is 0 Å². The Morgan fingerprint density at radius 2 is 1.94 bits per heavy atom. The Morgan fingerprint density at radius 3 is 2.83 bits per heavy atom. The maximum Gasteiger partial charge on any atom is 0.0243 e. The minimum atomic E-state index is 0.573. The first-order valence-corrected chi connectivity index (χ1v) is 6.79. The van der Waals surface area contributed by atoms with Gasteiger partial charge in [0.25, 0.3) is 0 Å². The zero-order valence-corrected chi connectivity index (χ0v) is 10.7. The molecule has 2 aromatic rings. The lowest BCUT2D eigenvalue weighted by atomic mass is 10.0. The van der Waals surface area contributed by atoms with Gasteiger partial charge in [-0.15, -0.1) is 0 Å². The highest BCUT2D eigenvalue weighted by Gasteiger charge is 2.23. The van der Waals surface area contributed by atoms with Crippen molar-refractivity contribution in [3.05, 3.63) is 48.0 Å². The van der Waals surface area contributed by atoms with Crippen LogP contribution in [0.15, 0.2) is 42.5 Å². The molecule has 1 aliphatic rings. The summed E-state index contributed by atoms with van der Waals surface area (Å²) in [6.45, 7) is 3.00. The van der Waals surface area contributed by atoms with E-state index in [0.717, 1.165) is 13.1 Å². The van der Waals surface area contributed by atoms with Gasteiger partial charge in [-0.25, -0.2) is 0 Å². The molecule has 2 aromatic carbocycles. The van der Waals surface area contributed by atoms with E-state index in [9.17, 15) is 0 Å². The zero-order valence-electron chi connectivity index (χ0n) is 10.7. The predicted octanol–water partition coefficient (Wildman–Crippen LogP) is 2.76. The highest BCUT2D eigenvalue weighted by molar-refractivity contribution is 5.85. The van der Waals surface area contributed by atoms with Crippen molar-refractivity contribution in [1.29, 1.82) is 0 Å². The molecule has 1 heterocycles. The van der Waals surface area contributed by atoms with E-state index in [4.69, 9.17) is 5.73 Å². The van der Waals surface area contributed by atoms with Gasteiger partial charge in [-0.2, -0.15) is 0 Å². The van der Waals surface area contributed by atoms with Crippen molar-refractivity contribution >= 4 is 10.8 Å². The van der Waals surface area contributed by atoms with Crippen molar-refractivity contribution in [3.63, 3.8) is 0 Å². The Labute approximate surface area is 108 Å². The third-order valence-corrected chi connectivity index (χ3v) is 4.02. The molecule has 18 heavy (non-hydrogen) atoms. The van der Waals surface area contributed by atoms with Gasteiger partial charge in [0.1, 0.15) is 0 Å². The first-order chi connectivity index (χ1) is 8.88. The predicted molar refractivity (Wildman–Crippen MR) is 76.4 cm³/mol. The monoisotopic (exact) mass is 240 g/mol. The normalized spacial score (nSPS) is 20.6. The highest BCUT2D eigenvalue weighted by Crippen LogP contribution is 2.24.